The molecular weight excluding hydrogens is 440 g/mol. The highest BCUT2D eigenvalue weighted by molar-refractivity contribution is 5.56. The van der Waals surface area contributed by atoms with Crippen molar-refractivity contribution in [1.82, 2.24) is 15.0 Å². The van der Waals surface area contributed by atoms with E-state index in [2.05, 4.69) is 30.3 Å². The lowest BCUT2D eigenvalue weighted by atomic mass is 10.1. The molecule has 0 bridgehead atoms. The third kappa shape index (κ3) is 7.00. The van der Waals surface area contributed by atoms with Crippen LogP contribution in [0.3, 0.4) is 0 Å². The number of hydrogen-bond acceptors (Lipinski definition) is 6. The summed E-state index contributed by atoms with van der Waals surface area (Å²) in [5.41, 5.74) is 0.964. The van der Waals surface area contributed by atoms with Crippen molar-refractivity contribution in [2.24, 2.45) is 0 Å². The molecule has 3 aromatic rings. The number of hydrogen-bond donors (Lipinski definition) is 2. The number of anilines is 3. The molecule has 0 aliphatic heterocycles. The number of alkyl halides is 6. The summed E-state index contributed by atoms with van der Waals surface area (Å²) in [5.74, 6) is -0.407. The van der Waals surface area contributed by atoms with E-state index >= 15 is 0 Å². The molecule has 0 unspecified atom stereocenters. The number of ether oxygens (including phenoxy) is 1. The molecule has 32 heavy (non-hydrogen) atoms. The van der Waals surface area contributed by atoms with E-state index in [1.807, 2.05) is 31.2 Å². The van der Waals surface area contributed by atoms with E-state index in [-0.39, 0.29) is 24.1 Å². The first kappa shape index (κ1) is 23.1. The van der Waals surface area contributed by atoms with Gasteiger partial charge in [-0.05, 0) is 30.7 Å². The zero-order chi connectivity index (χ0) is 23.4. The van der Waals surface area contributed by atoms with Crippen LogP contribution in [0.5, 0.6) is 6.01 Å². The highest BCUT2D eigenvalue weighted by atomic mass is 19.4. The minimum atomic E-state index is -4.63. The lowest BCUT2D eigenvalue weighted by Crippen LogP contribution is -2.21. The van der Waals surface area contributed by atoms with E-state index < -0.39 is 30.5 Å². The van der Waals surface area contributed by atoms with Crippen molar-refractivity contribution in [2.45, 2.75) is 25.8 Å². The fraction of sp³-hybridized carbons (Fsp3) is 0.250. The molecule has 6 nitrogen and oxygen atoms in total. The molecular formula is C20H17F6N5O. The molecule has 0 aliphatic rings. The molecule has 3 rings (SSSR count). The third-order valence-electron chi connectivity index (χ3n) is 4.00. The number of nitrogens with one attached hydrogen (secondary N) is 2. The molecule has 0 saturated heterocycles. The zero-order valence-electron chi connectivity index (χ0n) is 16.6. The van der Waals surface area contributed by atoms with Gasteiger partial charge >= 0.3 is 18.4 Å². The topological polar surface area (TPSA) is 72.0 Å². The quantitative estimate of drug-likeness (QED) is 0.457. The monoisotopic (exact) mass is 457 g/mol. The normalized spacial score (nSPS) is 11.8. The Balaban J connectivity index is 1.83. The van der Waals surface area contributed by atoms with Crippen molar-refractivity contribution < 1.29 is 31.1 Å². The van der Waals surface area contributed by atoms with E-state index in [0.29, 0.717) is 0 Å². The second kappa shape index (κ2) is 9.28. The second-order valence-corrected chi connectivity index (χ2v) is 6.71. The van der Waals surface area contributed by atoms with Crippen LogP contribution in [0, 0.1) is 6.92 Å². The van der Waals surface area contributed by atoms with Gasteiger partial charge in [-0.2, -0.15) is 41.3 Å². The number of benzene rings is 2. The number of aryl methyl sites for hydroxylation is 1. The maximum atomic E-state index is 12.9. The Kier molecular flexibility index (Phi) is 6.70. The first-order chi connectivity index (χ1) is 15.0. The van der Waals surface area contributed by atoms with Gasteiger partial charge in [-0.15, -0.1) is 0 Å². The highest BCUT2D eigenvalue weighted by Crippen LogP contribution is 2.31. The van der Waals surface area contributed by atoms with Crippen LogP contribution in [0.4, 0.5) is 43.9 Å². The standard InChI is InChI=1S/C20H17F6N5O/c1-12-5-7-13(8-6-12)10-27-16-29-17(31-18(30-16)32-11-19(21,22)23)28-15-4-2-3-14(9-15)20(24,25)26/h2-9H,10-11H2,1H3,(H2,27,28,29,30,31). The van der Waals surface area contributed by atoms with E-state index in [9.17, 15) is 26.3 Å². The number of rotatable bonds is 7. The van der Waals surface area contributed by atoms with Gasteiger partial charge in [-0.3, -0.25) is 0 Å². The van der Waals surface area contributed by atoms with Crippen molar-refractivity contribution in [2.75, 3.05) is 17.2 Å². The summed E-state index contributed by atoms with van der Waals surface area (Å²) in [6.07, 6.45) is -9.20. The zero-order valence-corrected chi connectivity index (χ0v) is 16.6. The summed E-state index contributed by atoms with van der Waals surface area (Å²) in [5, 5.41) is 5.37. The first-order valence-electron chi connectivity index (χ1n) is 9.17. The van der Waals surface area contributed by atoms with Crippen molar-refractivity contribution in [1.29, 1.82) is 0 Å². The van der Waals surface area contributed by atoms with Crippen LogP contribution in [0.1, 0.15) is 16.7 Å². The molecule has 2 N–H and O–H groups in total. The molecule has 0 atom stereocenters. The summed E-state index contributed by atoms with van der Waals surface area (Å²) >= 11 is 0. The van der Waals surface area contributed by atoms with Crippen molar-refractivity contribution >= 4 is 17.6 Å². The van der Waals surface area contributed by atoms with Crippen LogP contribution < -0.4 is 15.4 Å². The Morgan fingerprint density at radius 1 is 0.875 bits per heavy atom. The smallest absolute Gasteiger partial charge is 0.422 e. The number of aromatic nitrogens is 3. The second-order valence-electron chi connectivity index (χ2n) is 6.71. The van der Waals surface area contributed by atoms with Crippen LogP contribution in [0.25, 0.3) is 0 Å². The first-order valence-corrected chi connectivity index (χ1v) is 9.17. The van der Waals surface area contributed by atoms with Gasteiger partial charge in [0.2, 0.25) is 11.9 Å². The van der Waals surface area contributed by atoms with Gasteiger partial charge in [0.1, 0.15) is 0 Å². The molecule has 1 heterocycles. The van der Waals surface area contributed by atoms with Gasteiger partial charge in [0, 0.05) is 12.2 Å². The van der Waals surface area contributed by atoms with Crippen molar-refractivity contribution in [3.63, 3.8) is 0 Å². The summed E-state index contributed by atoms with van der Waals surface area (Å²) in [4.78, 5) is 11.5. The lowest BCUT2D eigenvalue weighted by molar-refractivity contribution is -0.154. The van der Waals surface area contributed by atoms with Gasteiger partial charge in [-0.25, -0.2) is 0 Å². The minimum Gasteiger partial charge on any atom is -0.454 e. The predicted octanol–water partition coefficient (Wildman–Crippen LogP) is 5.50. The van der Waals surface area contributed by atoms with Crippen LogP contribution in [-0.4, -0.2) is 27.7 Å². The minimum absolute atomic E-state index is 0.0164. The Morgan fingerprint density at radius 3 is 2.22 bits per heavy atom. The molecule has 1 aromatic heterocycles. The van der Waals surface area contributed by atoms with Gasteiger partial charge in [0.25, 0.3) is 0 Å². The van der Waals surface area contributed by atoms with Gasteiger partial charge in [0.15, 0.2) is 6.61 Å². The van der Waals surface area contributed by atoms with E-state index in [0.717, 1.165) is 23.3 Å². The predicted molar refractivity (Wildman–Crippen MR) is 105 cm³/mol. The maximum absolute atomic E-state index is 12.9. The van der Waals surface area contributed by atoms with Crippen LogP contribution in [0.2, 0.25) is 0 Å². The summed E-state index contributed by atoms with van der Waals surface area (Å²) in [6, 6.07) is 11.0. The van der Waals surface area contributed by atoms with Gasteiger partial charge < -0.3 is 15.4 Å². The Bertz CT molecular complexity index is 1050. The Labute approximate surface area is 178 Å². The Hall–Kier alpha value is -3.57. The number of halogens is 6. The molecule has 0 radical (unpaired) electrons. The van der Waals surface area contributed by atoms with Crippen molar-refractivity contribution in [3.05, 3.63) is 65.2 Å². The average molecular weight is 457 g/mol. The largest absolute Gasteiger partial charge is 0.454 e. The molecule has 0 amide bonds. The summed E-state index contributed by atoms with van der Waals surface area (Å²) in [6.45, 7) is 0.516. The molecule has 12 heteroatoms. The molecule has 0 saturated carbocycles. The van der Waals surface area contributed by atoms with Crippen LogP contribution in [0.15, 0.2) is 48.5 Å². The van der Waals surface area contributed by atoms with E-state index in [1.165, 1.54) is 12.1 Å². The fourth-order valence-corrected chi connectivity index (χ4v) is 2.49. The third-order valence-corrected chi connectivity index (χ3v) is 4.00. The molecule has 0 aliphatic carbocycles. The molecule has 2 aromatic carbocycles. The van der Waals surface area contributed by atoms with Gasteiger partial charge in [-0.1, -0.05) is 35.9 Å². The van der Waals surface area contributed by atoms with Crippen molar-refractivity contribution in [3.8, 4) is 6.01 Å². The molecule has 0 spiro atoms. The molecule has 170 valence electrons. The van der Waals surface area contributed by atoms with Crippen LogP contribution >= 0.6 is 0 Å². The maximum Gasteiger partial charge on any atom is 0.422 e. The fourth-order valence-electron chi connectivity index (χ4n) is 2.49. The molecule has 0 fully saturated rings. The van der Waals surface area contributed by atoms with E-state index in [1.54, 1.807) is 0 Å². The van der Waals surface area contributed by atoms with Gasteiger partial charge in [0.05, 0.1) is 5.56 Å². The van der Waals surface area contributed by atoms with Crippen LogP contribution in [-0.2, 0) is 12.7 Å². The van der Waals surface area contributed by atoms with E-state index in [4.69, 9.17) is 0 Å². The SMILES string of the molecule is Cc1ccc(CNc2nc(Nc3cccc(C(F)(F)F)c3)nc(OCC(F)(F)F)n2)cc1. The lowest BCUT2D eigenvalue weighted by Gasteiger charge is -2.13. The number of nitrogens with zero attached hydrogens (tertiary/aromatic N) is 3. The average Bonchev–Trinajstić information content (AvgIpc) is 2.71. The summed E-state index contributed by atoms with van der Waals surface area (Å²) in [7, 11) is 0. The summed E-state index contributed by atoms with van der Waals surface area (Å²) < 4.78 is 80.9. The highest BCUT2D eigenvalue weighted by Gasteiger charge is 2.31. The Morgan fingerprint density at radius 2 is 1.56 bits per heavy atom.